The number of rotatable bonds is 3. The van der Waals surface area contributed by atoms with E-state index in [1.807, 2.05) is 0 Å². The predicted molar refractivity (Wildman–Crippen MR) is 109 cm³/mol. The van der Waals surface area contributed by atoms with Crippen molar-refractivity contribution in [1.29, 1.82) is 0 Å². The summed E-state index contributed by atoms with van der Waals surface area (Å²) in [4.78, 5) is 28.0. The molecule has 3 aromatic heterocycles. The average Bonchev–Trinajstić information content (AvgIpc) is 3.30. The summed E-state index contributed by atoms with van der Waals surface area (Å²) in [5.41, 5.74) is 5.87. The summed E-state index contributed by atoms with van der Waals surface area (Å²) in [6.45, 7) is -0.368. The minimum absolute atomic E-state index is 0.0101. The third-order valence-corrected chi connectivity index (χ3v) is 5.24. The number of aromatic amines is 1. The number of nitrogens with zero attached hydrogens (tertiary/aromatic N) is 5. The third-order valence-electron chi connectivity index (χ3n) is 5.24. The summed E-state index contributed by atoms with van der Waals surface area (Å²) in [6, 6.07) is 8.70. The second kappa shape index (κ2) is 7.19. The SMILES string of the molecule is Nc1nc2c(nc(/N=c3\ccn(O)c4ccccc34)n2[C@H]2C[C@H](O)[C@@H](CO)O2)c(=O)[nH]1. The van der Waals surface area contributed by atoms with E-state index in [1.54, 1.807) is 30.3 Å². The molecular weight excluding hydrogens is 406 g/mol. The van der Waals surface area contributed by atoms with E-state index < -0.39 is 24.0 Å². The molecule has 1 saturated heterocycles. The molecule has 0 unspecified atom stereocenters. The van der Waals surface area contributed by atoms with Crippen LogP contribution in [-0.2, 0) is 4.74 Å². The highest BCUT2D eigenvalue weighted by Crippen LogP contribution is 2.34. The second-order valence-electron chi connectivity index (χ2n) is 7.19. The molecule has 0 spiro atoms. The summed E-state index contributed by atoms with van der Waals surface area (Å²) in [6.07, 6.45) is -0.900. The fraction of sp³-hybridized carbons (Fsp3) is 0.263. The lowest BCUT2D eigenvalue weighted by Gasteiger charge is -2.15. The van der Waals surface area contributed by atoms with Crippen molar-refractivity contribution in [1.82, 2.24) is 24.2 Å². The number of hydrogen-bond acceptors (Lipinski definition) is 9. The van der Waals surface area contributed by atoms with Crippen molar-refractivity contribution in [3.05, 3.63) is 52.2 Å². The third kappa shape index (κ3) is 3.13. The largest absolute Gasteiger partial charge is 0.428 e. The van der Waals surface area contributed by atoms with Gasteiger partial charge >= 0.3 is 0 Å². The van der Waals surface area contributed by atoms with Gasteiger partial charge in [0.1, 0.15) is 12.3 Å². The van der Waals surface area contributed by atoms with E-state index >= 15 is 0 Å². The Bertz CT molecular complexity index is 1420. The van der Waals surface area contributed by atoms with E-state index in [-0.39, 0.29) is 36.1 Å². The quantitative estimate of drug-likeness (QED) is 0.279. The van der Waals surface area contributed by atoms with E-state index in [4.69, 9.17) is 10.5 Å². The van der Waals surface area contributed by atoms with Gasteiger partial charge in [-0.15, -0.1) is 0 Å². The summed E-state index contributed by atoms with van der Waals surface area (Å²) in [5.74, 6) is 0.00386. The van der Waals surface area contributed by atoms with Crippen molar-refractivity contribution in [2.24, 2.45) is 4.99 Å². The number of aliphatic hydroxyl groups is 2. The molecule has 5 rings (SSSR count). The topological polar surface area (TPSA) is 177 Å². The van der Waals surface area contributed by atoms with E-state index in [0.717, 1.165) is 4.73 Å². The molecule has 0 saturated carbocycles. The molecule has 1 aromatic carbocycles. The van der Waals surface area contributed by atoms with Crippen LogP contribution >= 0.6 is 0 Å². The summed E-state index contributed by atoms with van der Waals surface area (Å²) < 4.78 is 8.23. The average molecular weight is 425 g/mol. The van der Waals surface area contributed by atoms with Gasteiger partial charge in [-0.3, -0.25) is 14.3 Å². The fourth-order valence-electron chi connectivity index (χ4n) is 3.78. The number of para-hydroxylation sites is 1. The molecular formula is C19H19N7O5. The number of aromatic nitrogens is 5. The highest BCUT2D eigenvalue weighted by Gasteiger charge is 2.37. The number of hydrogen-bond donors (Lipinski definition) is 5. The van der Waals surface area contributed by atoms with Crippen LogP contribution in [0.3, 0.4) is 0 Å². The van der Waals surface area contributed by atoms with Crippen LogP contribution in [0, 0.1) is 0 Å². The standard InChI is InChI=1S/C19H19N7O5/c20-18-23-16-15(17(29)24-18)22-19(26(16)14-7-12(28)13(8-27)31-14)21-10-5-6-25(30)11-4-2-1-3-9(10)11/h1-6,12-14,27-28,30H,7-8H2,(H3,20,23,24,29)/b21-10+/t12-,13+,14+/m0/s1. The molecule has 0 aliphatic carbocycles. The van der Waals surface area contributed by atoms with Crippen molar-refractivity contribution < 1.29 is 20.2 Å². The Labute approximate surface area is 173 Å². The number of benzene rings is 1. The zero-order valence-electron chi connectivity index (χ0n) is 16.1. The van der Waals surface area contributed by atoms with Crippen LogP contribution in [0.2, 0.25) is 0 Å². The van der Waals surface area contributed by atoms with Gasteiger partial charge in [0.2, 0.25) is 11.9 Å². The molecule has 1 aliphatic rings. The van der Waals surface area contributed by atoms with Crippen LogP contribution < -0.4 is 16.7 Å². The van der Waals surface area contributed by atoms with Crippen LogP contribution in [0.5, 0.6) is 0 Å². The number of H-pyrrole nitrogens is 1. The molecule has 12 nitrogen and oxygen atoms in total. The second-order valence-corrected chi connectivity index (χ2v) is 7.19. The Morgan fingerprint density at radius 1 is 1.29 bits per heavy atom. The minimum atomic E-state index is -0.912. The smallest absolute Gasteiger partial charge is 0.280 e. The van der Waals surface area contributed by atoms with Gasteiger partial charge in [0.15, 0.2) is 11.2 Å². The van der Waals surface area contributed by atoms with E-state index in [1.165, 1.54) is 10.8 Å². The molecule has 1 aliphatic heterocycles. The first-order valence-electron chi connectivity index (χ1n) is 9.52. The van der Waals surface area contributed by atoms with Gasteiger partial charge in [0.05, 0.1) is 23.6 Å². The van der Waals surface area contributed by atoms with Gasteiger partial charge in [-0.05, 0) is 12.1 Å². The molecule has 0 bridgehead atoms. The number of nitrogen functional groups attached to an aromatic ring is 1. The van der Waals surface area contributed by atoms with Crippen LogP contribution in [0.4, 0.5) is 11.9 Å². The van der Waals surface area contributed by atoms with Crippen molar-refractivity contribution in [3.8, 4) is 0 Å². The molecule has 0 amide bonds. The van der Waals surface area contributed by atoms with Crippen LogP contribution in [-0.4, -0.2) is 58.5 Å². The number of imidazole rings is 1. The maximum absolute atomic E-state index is 12.4. The Hall–Kier alpha value is -3.74. The lowest BCUT2D eigenvalue weighted by atomic mass is 10.2. The lowest BCUT2D eigenvalue weighted by Crippen LogP contribution is -2.24. The monoisotopic (exact) mass is 425 g/mol. The molecule has 6 N–H and O–H groups in total. The minimum Gasteiger partial charge on any atom is -0.428 e. The van der Waals surface area contributed by atoms with E-state index in [9.17, 15) is 20.2 Å². The first-order chi connectivity index (χ1) is 15.0. The van der Waals surface area contributed by atoms with Gasteiger partial charge < -0.3 is 25.9 Å². The number of anilines is 1. The van der Waals surface area contributed by atoms with Crippen molar-refractivity contribution in [2.75, 3.05) is 12.3 Å². The molecule has 3 atom stereocenters. The van der Waals surface area contributed by atoms with Crippen molar-refractivity contribution in [3.63, 3.8) is 0 Å². The molecule has 0 radical (unpaired) electrons. The number of nitrogens with two attached hydrogens (primary N) is 1. The van der Waals surface area contributed by atoms with Gasteiger partial charge in [0, 0.05) is 18.0 Å². The van der Waals surface area contributed by atoms with Crippen LogP contribution in [0.15, 0.2) is 46.3 Å². The fourth-order valence-corrected chi connectivity index (χ4v) is 3.78. The van der Waals surface area contributed by atoms with Gasteiger partial charge in [-0.25, -0.2) is 9.98 Å². The number of ether oxygens (including phenoxy) is 1. The number of nitrogens with one attached hydrogen (secondary N) is 1. The summed E-state index contributed by atoms with van der Waals surface area (Å²) in [7, 11) is 0. The highest BCUT2D eigenvalue weighted by atomic mass is 16.5. The van der Waals surface area contributed by atoms with Gasteiger partial charge in [-0.1, -0.05) is 18.2 Å². The zero-order valence-corrected chi connectivity index (χ0v) is 16.1. The number of pyridine rings is 1. The number of aliphatic hydroxyl groups excluding tert-OH is 2. The molecule has 160 valence electrons. The van der Waals surface area contributed by atoms with E-state index in [0.29, 0.717) is 16.3 Å². The molecule has 31 heavy (non-hydrogen) atoms. The molecule has 12 heteroatoms. The van der Waals surface area contributed by atoms with Gasteiger partial charge in [0.25, 0.3) is 5.56 Å². The Kier molecular flexibility index (Phi) is 4.46. The maximum Gasteiger partial charge on any atom is 0.280 e. The molecule has 1 fully saturated rings. The Balaban J connectivity index is 1.79. The van der Waals surface area contributed by atoms with Crippen molar-refractivity contribution in [2.45, 2.75) is 24.9 Å². The lowest BCUT2D eigenvalue weighted by molar-refractivity contribution is -0.0426. The van der Waals surface area contributed by atoms with Crippen LogP contribution in [0.25, 0.3) is 22.1 Å². The van der Waals surface area contributed by atoms with Gasteiger partial charge in [-0.2, -0.15) is 9.71 Å². The highest BCUT2D eigenvalue weighted by molar-refractivity contribution is 5.78. The predicted octanol–water partition coefficient (Wildman–Crippen LogP) is -0.233. The first kappa shape index (κ1) is 19.2. The summed E-state index contributed by atoms with van der Waals surface area (Å²) >= 11 is 0. The first-order valence-corrected chi connectivity index (χ1v) is 9.52. The Morgan fingerprint density at radius 2 is 2.10 bits per heavy atom. The normalized spacial score (nSPS) is 22.0. The van der Waals surface area contributed by atoms with Crippen LogP contribution in [0.1, 0.15) is 12.6 Å². The Morgan fingerprint density at radius 3 is 2.87 bits per heavy atom. The summed E-state index contributed by atoms with van der Waals surface area (Å²) in [5, 5.41) is 30.9. The molecule has 4 aromatic rings. The maximum atomic E-state index is 12.4. The van der Waals surface area contributed by atoms with E-state index in [2.05, 4.69) is 19.9 Å². The number of fused-ring (bicyclic) bond motifs is 2. The molecule has 4 heterocycles. The van der Waals surface area contributed by atoms with Crippen molar-refractivity contribution >= 4 is 34.0 Å². The zero-order chi connectivity index (χ0) is 21.7.